The lowest BCUT2D eigenvalue weighted by Gasteiger charge is -2.41. The van der Waals surface area contributed by atoms with E-state index < -0.39 is 6.10 Å². The van der Waals surface area contributed by atoms with Crippen molar-refractivity contribution < 1.29 is 14.6 Å². The second-order valence-corrected chi connectivity index (χ2v) is 6.12. The fraction of sp³-hybridized carbons (Fsp3) is 0.444. The van der Waals surface area contributed by atoms with Gasteiger partial charge < -0.3 is 14.7 Å². The van der Waals surface area contributed by atoms with Gasteiger partial charge in [-0.25, -0.2) is 0 Å². The van der Waals surface area contributed by atoms with Gasteiger partial charge in [-0.2, -0.15) is 5.10 Å². The molecular weight excluding hydrogens is 306 g/mol. The molecule has 2 unspecified atom stereocenters. The first-order chi connectivity index (χ1) is 11.6. The molecule has 0 saturated carbocycles. The third-order valence-electron chi connectivity index (χ3n) is 4.38. The zero-order chi connectivity index (χ0) is 17.1. The number of carbonyl (C=O) groups excluding carboxylic acids is 1. The summed E-state index contributed by atoms with van der Waals surface area (Å²) in [5, 5.41) is 14.0. The number of benzene rings is 1. The molecule has 1 fully saturated rings. The quantitative estimate of drug-likeness (QED) is 0.922. The Bertz CT molecular complexity index is 699. The van der Waals surface area contributed by atoms with Crippen LogP contribution in [0.25, 0.3) is 0 Å². The van der Waals surface area contributed by atoms with Crippen molar-refractivity contribution in [2.75, 3.05) is 19.8 Å². The molecule has 6 heteroatoms. The molecule has 0 spiro atoms. The maximum atomic E-state index is 12.9. The van der Waals surface area contributed by atoms with E-state index in [1.807, 2.05) is 50.2 Å². The Balaban J connectivity index is 1.85. The Morgan fingerprint density at radius 2 is 2.08 bits per heavy atom. The van der Waals surface area contributed by atoms with E-state index >= 15 is 0 Å². The fourth-order valence-electron chi connectivity index (χ4n) is 3.26. The zero-order valence-electron chi connectivity index (χ0n) is 14.1. The molecule has 6 nitrogen and oxygen atoms in total. The van der Waals surface area contributed by atoms with E-state index in [4.69, 9.17) is 4.74 Å². The van der Waals surface area contributed by atoms with E-state index in [9.17, 15) is 9.90 Å². The van der Waals surface area contributed by atoms with E-state index in [0.717, 1.165) is 17.0 Å². The third kappa shape index (κ3) is 3.34. The molecule has 128 valence electrons. The van der Waals surface area contributed by atoms with Gasteiger partial charge in [0.15, 0.2) is 0 Å². The predicted molar refractivity (Wildman–Crippen MR) is 89.4 cm³/mol. The van der Waals surface area contributed by atoms with E-state index in [-0.39, 0.29) is 25.1 Å². The summed E-state index contributed by atoms with van der Waals surface area (Å²) in [4.78, 5) is 14.7. The number of rotatable bonds is 4. The molecule has 1 aliphatic heterocycles. The maximum absolute atomic E-state index is 12.9. The number of morpholine rings is 1. The van der Waals surface area contributed by atoms with Crippen LogP contribution in [0.3, 0.4) is 0 Å². The molecule has 1 saturated heterocycles. The van der Waals surface area contributed by atoms with Crippen LogP contribution in [0.1, 0.15) is 23.0 Å². The molecule has 24 heavy (non-hydrogen) atoms. The third-order valence-corrected chi connectivity index (χ3v) is 4.38. The number of carbonyl (C=O) groups is 1. The first kappa shape index (κ1) is 16.7. The monoisotopic (exact) mass is 329 g/mol. The van der Waals surface area contributed by atoms with Crippen molar-refractivity contribution in [3.8, 4) is 0 Å². The van der Waals surface area contributed by atoms with E-state index in [2.05, 4.69) is 5.10 Å². The van der Waals surface area contributed by atoms with Crippen LogP contribution in [-0.4, -0.2) is 51.6 Å². The van der Waals surface area contributed by atoms with Crippen molar-refractivity contribution in [2.24, 2.45) is 0 Å². The van der Waals surface area contributed by atoms with E-state index in [1.165, 1.54) is 0 Å². The number of hydrogen-bond acceptors (Lipinski definition) is 4. The Morgan fingerprint density at radius 3 is 2.71 bits per heavy atom. The Labute approximate surface area is 141 Å². The molecule has 1 N–H and O–H groups in total. The summed E-state index contributed by atoms with van der Waals surface area (Å²) in [6.45, 7) is 4.87. The normalized spacial score (nSPS) is 21.0. The summed E-state index contributed by atoms with van der Waals surface area (Å²) >= 11 is 0. The van der Waals surface area contributed by atoms with Crippen LogP contribution in [0.4, 0.5) is 0 Å². The highest BCUT2D eigenvalue weighted by Gasteiger charge is 2.36. The average Bonchev–Trinajstić information content (AvgIpc) is 2.92. The lowest BCUT2D eigenvalue weighted by Crippen LogP contribution is -2.50. The molecule has 1 amide bonds. The Kier molecular flexibility index (Phi) is 4.97. The molecule has 2 atom stereocenters. The maximum Gasteiger partial charge on any atom is 0.245 e. The molecule has 2 heterocycles. The number of ether oxygens (including phenoxy) is 1. The molecule has 0 bridgehead atoms. The van der Waals surface area contributed by atoms with Gasteiger partial charge in [-0.3, -0.25) is 9.48 Å². The molecule has 2 aromatic rings. The zero-order valence-corrected chi connectivity index (χ0v) is 14.1. The number of hydrogen-bond donors (Lipinski definition) is 1. The van der Waals surface area contributed by atoms with Gasteiger partial charge in [-0.15, -0.1) is 0 Å². The van der Waals surface area contributed by atoms with Crippen molar-refractivity contribution in [1.29, 1.82) is 0 Å². The van der Waals surface area contributed by atoms with Gasteiger partial charge in [-0.05, 0) is 25.5 Å². The molecule has 3 rings (SSSR count). The van der Waals surface area contributed by atoms with Crippen LogP contribution in [0.15, 0.2) is 36.4 Å². The van der Waals surface area contributed by atoms with E-state index in [0.29, 0.717) is 13.2 Å². The first-order valence-electron chi connectivity index (χ1n) is 8.18. The van der Waals surface area contributed by atoms with Crippen LogP contribution >= 0.6 is 0 Å². The van der Waals surface area contributed by atoms with Crippen LogP contribution < -0.4 is 0 Å². The van der Waals surface area contributed by atoms with Gasteiger partial charge in [-0.1, -0.05) is 30.3 Å². The van der Waals surface area contributed by atoms with Crippen LogP contribution in [0, 0.1) is 13.8 Å². The van der Waals surface area contributed by atoms with Crippen LogP contribution in [-0.2, 0) is 16.1 Å². The minimum atomic E-state index is -0.412. The summed E-state index contributed by atoms with van der Waals surface area (Å²) in [6, 6.07) is 11.4. The SMILES string of the molecule is Cc1cc(C)n(CC(=O)N2CCOC(CO)C2c2ccccc2)n1. The number of aryl methyl sites for hydroxylation is 2. The lowest BCUT2D eigenvalue weighted by atomic mass is 9.98. The molecule has 1 aromatic carbocycles. The first-order valence-corrected chi connectivity index (χ1v) is 8.18. The minimum absolute atomic E-state index is 0.0168. The Morgan fingerprint density at radius 1 is 1.33 bits per heavy atom. The molecule has 1 aromatic heterocycles. The minimum Gasteiger partial charge on any atom is -0.394 e. The number of aromatic nitrogens is 2. The van der Waals surface area contributed by atoms with Gasteiger partial charge in [0, 0.05) is 12.2 Å². The van der Waals surface area contributed by atoms with Gasteiger partial charge in [0.25, 0.3) is 0 Å². The number of amides is 1. The van der Waals surface area contributed by atoms with Crippen molar-refractivity contribution in [1.82, 2.24) is 14.7 Å². The second kappa shape index (κ2) is 7.15. The topological polar surface area (TPSA) is 67.6 Å². The van der Waals surface area contributed by atoms with Crippen LogP contribution in [0.5, 0.6) is 0 Å². The molecule has 0 radical (unpaired) electrons. The largest absolute Gasteiger partial charge is 0.394 e. The van der Waals surface area contributed by atoms with Gasteiger partial charge >= 0.3 is 0 Å². The van der Waals surface area contributed by atoms with Crippen molar-refractivity contribution in [2.45, 2.75) is 32.5 Å². The second-order valence-electron chi connectivity index (χ2n) is 6.12. The van der Waals surface area contributed by atoms with Gasteiger partial charge in [0.1, 0.15) is 12.6 Å². The highest BCUT2D eigenvalue weighted by atomic mass is 16.5. The standard InChI is InChI=1S/C18H23N3O3/c1-13-10-14(2)21(19-13)11-17(23)20-8-9-24-16(12-22)18(20)15-6-4-3-5-7-15/h3-7,10,16,18,22H,8-9,11-12H2,1-2H3. The molecule has 0 aliphatic carbocycles. The van der Waals surface area contributed by atoms with Crippen molar-refractivity contribution in [3.63, 3.8) is 0 Å². The molecular formula is C18H23N3O3. The Hall–Kier alpha value is -2.18. The average molecular weight is 329 g/mol. The predicted octanol–water partition coefficient (Wildman–Crippen LogP) is 1.46. The number of aliphatic hydroxyl groups excluding tert-OH is 1. The lowest BCUT2D eigenvalue weighted by molar-refractivity contribution is -0.150. The highest BCUT2D eigenvalue weighted by Crippen LogP contribution is 2.29. The summed E-state index contributed by atoms with van der Waals surface area (Å²) in [6.07, 6.45) is -0.412. The highest BCUT2D eigenvalue weighted by molar-refractivity contribution is 5.76. The summed E-state index contributed by atoms with van der Waals surface area (Å²) in [5.41, 5.74) is 2.83. The molecule has 1 aliphatic rings. The van der Waals surface area contributed by atoms with Gasteiger partial charge in [0.2, 0.25) is 5.91 Å². The van der Waals surface area contributed by atoms with Crippen molar-refractivity contribution >= 4 is 5.91 Å². The number of aliphatic hydroxyl groups is 1. The van der Waals surface area contributed by atoms with Crippen molar-refractivity contribution in [3.05, 3.63) is 53.3 Å². The van der Waals surface area contributed by atoms with Crippen LogP contribution in [0.2, 0.25) is 0 Å². The summed E-state index contributed by atoms with van der Waals surface area (Å²) in [5.74, 6) is -0.0168. The summed E-state index contributed by atoms with van der Waals surface area (Å²) < 4.78 is 7.41. The smallest absolute Gasteiger partial charge is 0.245 e. The van der Waals surface area contributed by atoms with E-state index in [1.54, 1.807) is 9.58 Å². The fourth-order valence-corrected chi connectivity index (χ4v) is 3.26. The van der Waals surface area contributed by atoms with Gasteiger partial charge in [0.05, 0.1) is 24.9 Å². The summed E-state index contributed by atoms with van der Waals surface area (Å²) in [7, 11) is 0. The number of nitrogens with zero attached hydrogens (tertiary/aromatic N) is 3.